The van der Waals surface area contributed by atoms with Crippen molar-refractivity contribution in [2.45, 2.75) is 0 Å². The van der Waals surface area contributed by atoms with Gasteiger partial charge in [0.1, 0.15) is 11.5 Å². The second-order valence-electron chi connectivity index (χ2n) is 8.49. The summed E-state index contributed by atoms with van der Waals surface area (Å²) in [6.45, 7) is 0. The van der Waals surface area contributed by atoms with E-state index in [-0.39, 0.29) is 11.7 Å². The fourth-order valence-corrected chi connectivity index (χ4v) is 3.67. The van der Waals surface area contributed by atoms with E-state index < -0.39 is 11.9 Å². The maximum Gasteiger partial charge on any atom is 0.343 e. The summed E-state index contributed by atoms with van der Waals surface area (Å²) in [5, 5.41) is 6.77. The lowest BCUT2D eigenvalue weighted by atomic mass is 10.1. The van der Waals surface area contributed by atoms with Crippen molar-refractivity contribution in [3.63, 3.8) is 0 Å². The molecule has 4 aromatic carbocycles. The summed E-state index contributed by atoms with van der Waals surface area (Å²) < 4.78 is 21.1. The van der Waals surface area contributed by atoms with Crippen LogP contribution in [-0.2, 0) is 0 Å². The van der Waals surface area contributed by atoms with Crippen molar-refractivity contribution in [2.75, 3.05) is 26.6 Å². The van der Waals surface area contributed by atoms with Gasteiger partial charge in [-0.1, -0.05) is 12.1 Å². The van der Waals surface area contributed by atoms with E-state index in [1.807, 2.05) is 0 Å². The van der Waals surface area contributed by atoms with Crippen LogP contribution >= 0.6 is 0 Å². The fraction of sp³-hybridized carbons (Fsp3) is 0.0968. The van der Waals surface area contributed by atoms with Gasteiger partial charge in [-0.25, -0.2) is 10.2 Å². The number of esters is 1. The zero-order valence-corrected chi connectivity index (χ0v) is 22.5. The molecule has 4 aromatic rings. The molecule has 4 rings (SSSR count). The molecule has 2 amide bonds. The van der Waals surface area contributed by atoms with Crippen molar-refractivity contribution < 1.29 is 33.3 Å². The van der Waals surface area contributed by atoms with Crippen LogP contribution in [0.25, 0.3) is 0 Å². The summed E-state index contributed by atoms with van der Waals surface area (Å²) in [7, 11) is 4.51. The third kappa shape index (κ3) is 7.48. The number of hydrazone groups is 1. The van der Waals surface area contributed by atoms with Crippen molar-refractivity contribution in [3.8, 4) is 23.0 Å². The highest BCUT2D eigenvalue weighted by Gasteiger charge is 2.14. The smallest absolute Gasteiger partial charge is 0.343 e. The molecule has 10 nitrogen and oxygen atoms in total. The Morgan fingerprint density at radius 1 is 0.659 bits per heavy atom. The van der Waals surface area contributed by atoms with Crippen molar-refractivity contribution in [2.24, 2.45) is 5.10 Å². The van der Waals surface area contributed by atoms with Crippen LogP contribution in [0.5, 0.6) is 23.0 Å². The molecule has 208 valence electrons. The van der Waals surface area contributed by atoms with Gasteiger partial charge in [0, 0.05) is 16.8 Å². The van der Waals surface area contributed by atoms with Crippen LogP contribution in [0.1, 0.15) is 36.6 Å². The monoisotopic (exact) mass is 553 g/mol. The van der Waals surface area contributed by atoms with E-state index in [1.54, 1.807) is 92.0 Å². The van der Waals surface area contributed by atoms with E-state index in [2.05, 4.69) is 15.8 Å². The van der Waals surface area contributed by atoms with Crippen molar-refractivity contribution in [1.29, 1.82) is 0 Å². The van der Waals surface area contributed by atoms with E-state index in [4.69, 9.17) is 18.9 Å². The standard InChI is InChI=1S/C31H27N3O7/c1-38-25-13-11-21(12-14-25)31(37)41-27-15-10-20(16-28(27)40-3)19-32-34-30(36)22-6-4-8-24(17-22)33-29(35)23-7-5-9-26(18-23)39-2/h4-19H,1-3H3,(H,33,35)(H,34,36). The highest BCUT2D eigenvalue weighted by Crippen LogP contribution is 2.28. The number of benzene rings is 4. The molecule has 0 spiro atoms. The summed E-state index contributed by atoms with van der Waals surface area (Å²) in [5.74, 6) is 0.344. The molecular weight excluding hydrogens is 526 g/mol. The first-order chi connectivity index (χ1) is 19.9. The molecular formula is C31H27N3O7. The average Bonchev–Trinajstić information content (AvgIpc) is 3.01. The lowest BCUT2D eigenvalue weighted by Gasteiger charge is -2.10. The zero-order valence-electron chi connectivity index (χ0n) is 22.5. The number of carbonyl (C=O) groups excluding carboxylic acids is 3. The molecule has 0 heterocycles. The predicted molar refractivity (Wildman–Crippen MR) is 153 cm³/mol. The van der Waals surface area contributed by atoms with Crippen LogP contribution in [0.15, 0.2) is 96.1 Å². The Hall–Kier alpha value is -5.64. The molecule has 0 fully saturated rings. The molecule has 0 saturated carbocycles. The van der Waals surface area contributed by atoms with Crippen molar-refractivity contribution in [1.82, 2.24) is 5.43 Å². The summed E-state index contributed by atoms with van der Waals surface area (Å²) in [4.78, 5) is 37.8. The Balaban J connectivity index is 1.37. The number of anilines is 1. The fourth-order valence-electron chi connectivity index (χ4n) is 3.67. The molecule has 41 heavy (non-hydrogen) atoms. The molecule has 0 aliphatic rings. The van der Waals surface area contributed by atoms with Gasteiger partial charge in [-0.3, -0.25) is 9.59 Å². The summed E-state index contributed by atoms with van der Waals surface area (Å²) in [6, 6.07) is 24.6. The first-order valence-electron chi connectivity index (χ1n) is 12.3. The van der Waals surface area contributed by atoms with Gasteiger partial charge < -0.3 is 24.3 Å². The maximum atomic E-state index is 12.7. The Morgan fingerprint density at radius 3 is 2.07 bits per heavy atom. The van der Waals surface area contributed by atoms with Crippen LogP contribution < -0.4 is 29.7 Å². The second kappa shape index (κ2) is 13.4. The van der Waals surface area contributed by atoms with E-state index in [9.17, 15) is 14.4 Å². The largest absolute Gasteiger partial charge is 0.497 e. The molecule has 0 bridgehead atoms. The molecule has 0 radical (unpaired) electrons. The SMILES string of the molecule is COc1ccc(C(=O)Oc2ccc(C=NNC(=O)c3cccc(NC(=O)c4cccc(OC)c4)c3)cc2OC)cc1. The van der Waals surface area contributed by atoms with E-state index >= 15 is 0 Å². The lowest BCUT2D eigenvalue weighted by molar-refractivity contribution is 0.0729. The Kier molecular flexibility index (Phi) is 9.29. The predicted octanol–water partition coefficient (Wildman–Crippen LogP) is 4.95. The quantitative estimate of drug-likeness (QED) is 0.123. The normalized spacial score (nSPS) is 10.5. The number of carbonyl (C=O) groups is 3. The van der Waals surface area contributed by atoms with Crippen LogP contribution in [0, 0.1) is 0 Å². The zero-order chi connectivity index (χ0) is 29.2. The van der Waals surface area contributed by atoms with Crippen molar-refractivity contribution >= 4 is 29.7 Å². The van der Waals surface area contributed by atoms with Gasteiger partial charge in [0.15, 0.2) is 11.5 Å². The molecule has 0 aliphatic heterocycles. The second-order valence-corrected chi connectivity index (χ2v) is 8.49. The molecule has 0 unspecified atom stereocenters. The van der Waals surface area contributed by atoms with Crippen LogP contribution in [0.3, 0.4) is 0 Å². The topological polar surface area (TPSA) is 125 Å². The van der Waals surface area contributed by atoms with Crippen LogP contribution in [0.2, 0.25) is 0 Å². The van der Waals surface area contributed by atoms with Gasteiger partial charge in [-0.2, -0.15) is 5.10 Å². The Bertz CT molecular complexity index is 1580. The number of hydrogen-bond acceptors (Lipinski definition) is 8. The van der Waals surface area contributed by atoms with E-state index in [0.29, 0.717) is 45.2 Å². The van der Waals surface area contributed by atoms with Gasteiger partial charge >= 0.3 is 5.97 Å². The first-order valence-corrected chi connectivity index (χ1v) is 12.3. The molecule has 10 heteroatoms. The average molecular weight is 554 g/mol. The number of rotatable bonds is 10. The van der Waals surface area contributed by atoms with Gasteiger partial charge in [0.2, 0.25) is 0 Å². The van der Waals surface area contributed by atoms with Crippen LogP contribution in [0.4, 0.5) is 5.69 Å². The van der Waals surface area contributed by atoms with Crippen molar-refractivity contribution in [3.05, 3.63) is 113 Å². The van der Waals surface area contributed by atoms with Gasteiger partial charge in [0.25, 0.3) is 11.8 Å². The number of hydrogen-bond donors (Lipinski definition) is 2. The molecule has 2 N–H and O–H groups in total. The number of methoxy groups -OCH3 is 3. The Morgan fingerprint density at radius 2 is 1.37 bits per heavy atom. The minimum Gasteiger partial charge on any atom is -0.497 e. The maximum absolute atomic E-state index is 12.7. The highest BCUT2D eigenvalue weighted by atomic mass is 16.6. The van der Waals surface area contributed by atoms with Gasteiger partial charge in [-0.15, -0.1) is 0 Å². The molecule has 0 aromatic heterocycles. The summed E-state index contributed by atoms with van der Waals surface area (Å²) in [6.07, 6.45) is 1.42. The number of nitrogens with zero attached hydrogens (tertiary/aromatic N) is 1. The minimum absolute atomic E-state index is 0.224. The summed E-state index contributed by atoms with van der Waals surface area (Å²) in [5.41, 5.74) is 4.55. The lowest BCUT2D eigenvalue weighted by Crippen LogP contribution is -2.18. The number of ether oxygens (including phenoxy) is 4. The molecule has 0 aliphatic carbocycles. The molecule has 0 atom stereocenters. The van der Waals surface area contributed by atoms with Gasteiger partial charge in [0.05, 0.1) is 33.1 Å². The first kappa shape index (κ1) is 28.4. The van der Waals surface area contributed by atoms with E-state index in [1.165, 1.54) is 26.5 Å². The Labute approximate surface area is 236 Å². The third-order valence-electron chi connectivity index (χ3n) is 5.81. The van der Waals surface area contributed by atoms with Crippen LogP contribution in [-0.4, -0.2) is 45.3 Å². The highest BCUT2D eigenvalue weighted by molar-refractivity contribution is 6.05. The number of amides is 2. The van der Waals surface area contributed by atoms with E-state index in [0.717, 1.165) is 0 Å². The minimum atomic E-state index is -0.554. The molecule has 0 saturated heterocycles. The summed E-state index contributed by atoms with van der Waals surface area (Å²) >= 11 is 0. The number of nitrogens with one attached hydrogen (secondary N) is 2. The van der Waals surface area contributed by atoms with Gasteiger partial charge in [-0.05, 0) is 84.4 Å². The third-order valence-corrected chi connectivity index (χ3v) is 5.81.